The van der Waals surface area contributed by atoms with E-state index in [0.29, 0.717) is 22.4 Å². The van der Waals surface area contributed by atoms with Gasteiger partial charge in [-0.2, -0.15) is 0 Å². The van der Waals surface area contributed by atoms with Gasteiger partial charge < -0.3 is 15.2 Å². The third kappa shape index (κ3) is 3.63. The number of benzene rings is 1. The number of anilines is 2. The molecule has 0 atom stereocenters. The molecule has 0 amide bonds. The van der Waals surface area contributed by atoms with Crippen molar-refractivity contribution in [3.63, 3.8) is 0 Å². The summed E-state index contributed by atoms with van der Waals surface area (Å²) in [5.41, 5.74) is 2.54. The lowest BCUT2D eigenvalue weighted by molar-refractivity contribution is 0.233. The van der Waals surface area contributed by atoms with Gasteiger partial charge in [-0.1, -0.05) is 6.07 Å². The van der Waals surface area contributed by atoms with E-state index in [0.717, 1.165) is 76.0 Å². The molecule has 8 nitrogen and oxygen atoms in total. The molecule has 0 unspecified atom stereocenters. The third-order valence-electron chi connectivity index (χ3n) is 7.64. The molecule has 10 heteroatoms. The topological polar surface area (TPSA) is 83.8 Å². The zero-order valence-electron chi connectivity index (χ0n) is 19.8. The number of aryl methyl sites for hydroxylation is 1. The van der Waals surface area contributed by atoms with E-state index in [1.807, 2.05) is 18.2 Å². The molecule has 1 aliphatic carbocycles. The molecule has 1 spiro atoms. The van der Waals surface area contributed by atoms with E-state index in [-0.39, 0.29) is 17.2 Å². The van der Waals surface area contributed by atoms with Crippen molar-refractivity contribution in [3.05, 3.63) is 59.7 Å². The Hall–Kier alpha value is -3.50. The van der Waals surface area contributed by atoms with Crippen molar-refractivity contribution in [1.82, 2.24) is 34.7 Å². The SMILES string of the molecule is Fc1cnc(Nc2ncccc2CN2CCNCC2)nc1-c1cc(F)c2nc3n(c2c1)C1(CC3)CC1. The van der Waals surface area contributed by atoms with Crippen molar-refractivity contribution in [2.45, 2.75) is 37.8 Å². The molecule has 1 saturated heterocycles. The first kappa shape index (κ1) is 21.8. The Bertz CT molecular complexity index is 1470. The molecule has 7 rings (SSSR count). The lowest BCUT2D eigenvalue weighted by atomic mass is 10.1. The molecule has 184 valence electrons. The van der Waals surface area contributed by atoms with Gasteiger partial charge in [-0.05, 0) is 37.5 Å². The van der Waals surface area contributed by atoms with Gasteiger partial charge in [0.1, 0.15) is 22.9 Å². The van der Waals surface area contributed by atoms with E-state index < -0.39 is 11.6 Å². The molecule has 2 N–H and O–H groups in total. The quantitative estimate of drug-likeness (QED) is 0.443. The first-order chi connectivity index (χ1) is 17.6. The van der Waals surface area contributed by atoms with Gasteiger partial charge >= 0.3 is 0 Å². The minimum Gasteiger partial charge on any atom is -0.322 e. The first-order valence-electron chi connectivity index (χ1n) is 12.5. The van der Waals surface area contributed by atoms with Crippen molar-refractivity contribution in [2.75, 3.05) is 31.5 Å². The highest BCUT2D eigenvalue weighted by Crippen LogP contribution is 2.53. The summed E-state index contributed by atoms with van der Waals surface area (Å²) in [5.74, 6) is 0.680. The molecular formula is C26H26F2N8. The molecule has 5 heterocycles. The van der Waals surface area contributed by atoms with Crippen LogP contribution < -0.4 is 10.6 Å². The van der Waals surface area contributed by atoms with E-state index in [9.17, 15) is 4.39 Å². The zero-order chi connectivity index (χ0) is 24.3. The summed E-state index contributed by atoms with van der Waals surface area (Å²) in [6.45, 7) is 4.56. The number of imidazole rings is 1. The van der Waals surface area contributed by atoms with Crippen molar-refractivity contribution in [2.24, 2.45) is 0 Å². The van der Waals surface area contributed by atoms with Crippen molar-refractivity contribution < 1.29 is 8.78 Å². The Labute approximate surface area is 206 Å². The van der Waals surface area contributed by atoms with Crippen LogP contribution in [0.25, 0.3) is 22.3 Å². The van der Waals surface area contributed by atoms with Crippen molar-refractivity contribution in [1.29, 1.82) is 0 Å². The van der Waals surface area contributed by atoms with E-state index in [1.54, 1.807) is 6.20 Å². The molecule has 2 aliphatic heterocycles. The number of rotatable bonds is 5. The number of hydrogen-bond acceptors (Lipinski definition) is 7. The van der Waals surface area contributed by atoms with Gasteiger partial charge in [-0.3, -0.25) is 4.90 Å². The smallest absolute Gasteiger partial charge is 0.229 e. The van der Waals surface area contributed by atoms with Crippen LogP contribution in [0.15, 0.2) is 36.7 Å². The van der Waals surface area contributed by atoms with Gasteiger partial charge in [0.15, 0.2) is 11.6 Å². The number of hydrogen-bond donors (Lipinski definition) is 2. The number of piperazine rings is 1. The van der Waals surface area contributed by atoms with E-state index in [4.69, 9.17) is 0 Å². The fraction of sp³-hybridized carbons (Fsp3) is 0.385. The normalized spacial score (nSPS) is 18.6. The second-order valence-corrected chi connectivity index (χ2v) is 9.97. The largest absolute Gasteiger partial charge is 0.322 e. The average molecular weight is 489 g/mol. The second-order valence-electron chi connectivity index (χ2n) is 9.97. The highest BCUT2D eigenvalue weighted by molar-refractivity contribution is 5.83. The molecule has 4 aromatic rings. The van der Waals surface area contributed by atoms with Crippen LogP contribution in [-0.2, 0) is 18.5 Å². The monoisotopic (exact) mass is 488 g/mol. The lowest BCUT2D eigenvalue weighted by Crippen LogP contribution is -2.43. The molecule has 3 aromatic heterocycles. The number of halogens is 2. The lowest BCUT2D eigenvalue weighted by Gasteiger charge is -2.27. The Morgan fingerprint density at radius 3 is 2.72 bits per heavy atom. The van der Waals surface area contributed by atoms with Crippen LogP contribution in [0.3, 0.4) is 0 Å². The third-order valence-corrected chi connectivity index (χ3v) is 7.64. The number of nitrogens with zero attached hydrogens (tertiary/aromatic N) is 6. The maximum absolute atomic E-state index is 15.1. The molecule has 0 radical (unpaired) electrons. The second kappa shape index (κ2) is 8.28. The minimum atomic E-state index is -0.608. The molecule has 2 fully saturated rings. The zero-order valence-corrected chi connectivity index (χ0v) is 19.8. The molecule has 1 aromatic carbocycles. The summed E-state index contributed by atoms with van der Waals surface area (Å²) in [5, 5.41) is 6.51. The summed E-state index contributed by atoms with van der Waals surface area (Å²) in [6, 6.07) is 7.04. The van der Waals surface area contributed by atoms with Crippen LogP contribution in [-0.4, -0.2) is 55.6 Å². The Kier molecular flexibility index (Phi) is 5.00. The summed E-state index contributed by atoms with van der Waals surface area (Å²) >= 11 is 0. The summed E-state index contributed by atoms with van der Waals surface area (Å²) < 4.78 is 32.3. The average Bonchev–Trinajstić information content (AvgIpc) is 3.44. The van der Waals surface area contributed by atoms with E-state index in [1.165, 1.54) is 6.07 Å². The van der Waals surface area contributed by atoms with E-state index >= 15 is 4.39 Å². The summed E-state index contributed by atoms with van der Waals surface area (Å²) in [6.07, 6.45) is 6.86. The van der Waals surface area contributed by atoms with E-state index in [2.05, 4.69) is 40.0 Å². The predicted molar refractivity (Wildman–Crippen MR) is 132 cm³/mol. The highest BCUT2D eigenvalue weighted by Gasteiger charge is 2.50. The van der Waals surface area contributed by atoms with Crippen LogP contribution in [0.2, 0.25) is 0 Å². The minimum absolute atomic E-state index is 0.0475. The van der Waals surface area contributed by atoms with Crippen LogP contribution >= 0.6 is 0 Å². The van der Waals surface area contributed by atoms with Crippen LogP contribution in [0, 0.1) is 11.6 Å². The van der Waals surface area contributed by atoms with Crippen molar-refractivity contribution >= 4 is 22.8 Å². The Morgan fingerprint density at radius 1 is 1.03 bits per heavy atom. The van der Waals surface area contributed by atoms with Gasteiger partial charge in [0.2, 0.25) is 5.95 Å². The number of nitrogens with one attached hydrogen (secondary N) is 2. The molecular weight excluding hydrogens is 462 g/mol. The summed E-state index contributed by atoms with van der Waals surface area (Å²) in [4.78, 5) is 20.0. The maximum atomic E-state index is 15.1. The number of fused-ring (bicyclic) bond motifs is 4. The Balaban J connectivity index is 1.23. The predicted octanol–water partition coefficient (Wildman–Crippen LogP) is 3.75. The molecule has 0 bridgehead atoms. The molecule has 3 aliphatic rings. The Morgan fingerprint density at radius 2 is 1.89 bits per heavy atom. The van der Waals surface area contributed by atoms with Gasteiger partial charge in [0, 0.05) is 62.0 Å². The van der Waals surface area contributed by atoms with Crippen LogP contribution in [0.1, 0.15) is 30.7 Å². The molecule has 36 heavy (non-hydrogen) atoms. The number of aromatic nitrogens is 5. The fourth-order valence-electron chi connectivity index (χ4n) is 5.62. The van der Waals surface area contributed by atoms with Gasteiger partial charge in [0.05, 0.1) is 11.7 Å². The van der Waals surface area contributed by atoms with Crippen LogP contribution in [0.5, 0.6) is 0 Å². The maximum Gasteiger partial charge on any atom is 0.229 e. The van der Waals surface area contributed by atoms with Gasteiger partial charge in [0.25, 0.3) is 0 Å². The van der Waals surface area contributed by atoms with Crippen molar-refractivity contribution in [3.8, 4) is 11.3 Å². The number of pyridine rings is 1. The first-order valence-corrected chi connectivity index (χ1v) is 12.5. The van der Waals surface area contributed by atoms with Gasteiger partial charge in [-0.15, -0.1) is 0 Å². The highest BCUT2D eigenvalue weighted by atomic mass is 19.1. The molecule has 1 saturated carbocycles. The standard InChI is InChI=1S/C26H26F2N8/c27-18-12-17(13-20-23(18)32-21-3-4-26(5-6-26)36(20)21)22-19(28)14-31-25(33-22)34-24-16(2-1-7-30-24)15-35-10-8-29-9-11-35/h1-2,7,12-14,29H,3-6,8-11,15H2,(H,30,31,33,34). The van der Waals surface area contributed by atoms with Crippen LogP contribution in [0.4, 0.5) is 20.5 Å². The summed E-state index contributed by atoms with van der Waals surface area (Å²) in [7, 11) is 0. The fourth-order valence-corrected chi connectivity index (χ4v) is 5.62. The van der Waals surface area contributed by atoms with Gasteiger partial charge in [-0.25, -0.2) is 28.7 Å².